The molecule has 0 amide bonds. The molecule has 0 aliphatic carbocycles. The number of hydrogen-bond acceptors (Lipinski definition) is 16. The number of aliphatic hydroxyl groups excluding tert-OH is 2. The Kier molecular flexibility index (Phi) is 39.0. The van der Waals surface area contributed by atoms with Gasteiger partial charge in [0.25, 0.3) is 0 Å². The largest absolute Gasteiger partial charge is 0.481 e. The van der Waals surface area contributed by atoms with E-state index in [0.29, 0.717) is 38.5 Å². The Labute approximate surface area is 465 Å². The molecule has 1 aliphatic rings. The van der Waals surface area contributed by atoms with Crippen LogP contribution in [0.25, 0.3) is 0 Å². The highest BCUT2D eigenvalue weighted by atomic mass is 31.3. The van der Waals surface area contributed by atoms with Crippen molar-refractivity contribution >= 4 is 39.2 Å². The van der Waals surface area contributed by atoms with Crippen molar-refractivity contribution in [1.29, 1.82) is 0 Å². The summed E-state index contributed by atoms with van der Waals surface area (Å²) in [5.74, 6) is -0.399. The van der Waals surface area contributed by atoms with Gasteiger partial charge in [-0.3, -0.25) is 28.0 Å². The molecule has 446 valence electrons. The van der Waals surface area contributed by atoms with Gasteiger partial charge < -0.3 is 39.9 Å². The zero-order chi connectivity index (χ0) is 57.3. The van der Waals surface area contributed by atoms with Crippen molar-refractivity contribution in [2.45, 2.75) is 244 Å². The van der Waals surface area contributed by atoms with Gasteiger partial charge in [0.2, 0.25) is 0 Å². The van der Waals surface area contributed by atoms with Crippen LogP contribution in [0.15, 0.2) is 65.7 Å². The molecule has 8 atom stereocenters. The van der Waals surface area contributed by atoms with Gasteiger partial charge in [0.15, 0.2) is 18.1 Å². The number of phosphoric ester groups is 2. The maximum absolute atomic E-state index is 12.9. The third-order valence-corrected chi connectivity index (χ3v) is 16.0. The van der Waals surface area contributed by atoms with Gasteiger partial charge in [0, 0.05) is 25.5 Å². The lowest BCUT2D eigenvalue weighted by Gasteiger charge is -2.21. The summed E-state index contributed by atoms with van der Waals surface area (Å²) in [5.41, 5.74) is 4.59. The second-order valence-corrected chi connectivity index (χ2v) is 23.5. The molecule has 0 saturated carbocycles. The van der Waals surface area contributed by atoms with E-state index in [1.54, 1.807) is 12.2 Å². The Balaban J connectivity index is 1.77. The van der Waals surface area contributed by atoms with E-state index < -0.39 is 83.7 Å². The number of rotatable bonds is 48. The van der Waals surface area contributed by atoms with Crippen LogP contribution in [0.1, 0.15) is 220 Å². The number of ketones is 1. The third-order valence-electron chi connectivity index (χ3n) is 13.4. The van der Waals surface area contributed by atoms with Crippen LogP contribution in [-0.4, -0.2) is 91.5 Å². The van der Waals surface area contributed by atoms with Gasteiger partial charge >= 0.3 is 33.3 Å². The quantitative estimate of drug-likeness (QED) is 0.0101. The Morgan fingerprint density at radius 1 is 0.705 bits per heavy atom. The Morgan fingerprint density at radius 2 is 1.26 bits per heavy atom. The second-order valence-electron chi connectivity index (χ2n) is 20.4. The first-order chi connectivity index (χ1) is 37.5. The molecule has 78 heavy (non-hydrogen) atoms. The molecule has 1 fully saturated rings. The summed E-state index contributed by atoms with van der Waals surface area (Å²) >= 11 is 0. The molecule has 0 aromatic carbocycles. The highest BCUT2D eigenvalue weighted by Crippen LogP contribution is 2.60. The summed E-state index contributed by atoms with van der Waals surface area (Å²) in [6, 6.07) is 1.24. The van der Waals surface area contributed by atoms with Gasteiger partial charge in [-0.1, -0.05) is 198 Å². The van der Waals surface area contributed by atoms with Crippen molar-refractivity contribution in [3.05, 3.63) is 71.4 Å². The van der Waals surface area contributed by atoms with Crippen LogP contribution in [0, 0.1) is 5.92 Å². The summed E-state index contributed by atoms with van der Waals surface area (Å²) in [6.07, 6.45) is 38.8. The first-order valence-corrected chi connectivity index (χ1v) is 32.0. The fourth-order valence-corrected chi connectivity index (χ4v) is 10.6. The first kappa shape index (κ1) is 70.5. The number of hydrogen-bond donors (Lipinski definition) is 5. The van der Waals surface area contributed by atoms with E-state index in [1.165, 1.54) is 102 Å². The number of carbonyl (C=O) groups excluding carboxylic acids is 3. The lowest BCUT2D eigenvalue weighted by atomic mass is 9.99. The molecule has 0 spiro atoms. The van der Waals surface area contributed by atoms with Crippen LogP contribution in [0.4, 0.5) is 5.82 Å². The first-order valence-electron chi connectivity index (χ1n) is 29.0. The number of phosphoric acid groups is 2. The minimum Gasteiger partial charge on any atom is -0.462 e. The standard InChI is InChI=1S/C57H97N3O16P2/c1-4-6-32-38-48(61)39-34-29-25-21-17-15-19-23-27-31-36-41-53(63)74-49(44-71-52(62)40-35-30-26-22-18-14-12-10-8-7-9-11-13-16-20-24-28-33-37-47(3)5-2)45-72-77(67,68)76-78(69,70)73-46-50-54(64)55(65)56(75-50)60-43-42-51(58)59-57(60)66/h15,17,23,25,27,29,34,39,42-43,47,49-50,54-56,64-65H,4-14,16,18-22,24,26,28,30-33,35-38,40-41,44-46H2,1-3H3,(H,67,68)(H,69,70)(H2,58,59,66)/b17-15-,27-23-,29-25-,39-34+/t47?,49-,50-,54-,55-,56-/m1/s1. The molecule has 3 unspecified atom stereocenters. The summed E-state index contributed by atoms with van der Waals surface area (Å²) in [7, 11) is -10.9. The third kappa shape index (κ3) is 35.2. The number of nitrogens with zero attached hydrogens (tertiary/aromatic N) is 2. The van der Waals surface area contributed by atoms with Crippen LogP contribution in [0.3, 0.4) is 0 Å². The summed E-state index contributed by atoms with van der Waals surface area (Å²) < 4.78 is 56.9. The van der Waals surface area contributed by atoms with E-state index in [1.807, 2.05) is 36.5 Å². The number of ether oxygens (including phenoxy) is 3. The molecule has 0 radical (unpaired) electrons. The van der Waals surface area contributed by atoms with E-state index in [-0.39, 0.29) is 24.4 Å². The smallest absolute Gasteiger partial charge is 0.462 e. The van der Waals surface area contributed by atoms with Gasteiger partial charge in [-0.15, -0.1) is 0 Å². The predicted molar refractivity (Wildman–Crippen MR) is 303 cm³/mol. The van der Waals surface area contributed by atoms with Crippen LogP contribution in [0.2, 0.25) is 0 Å². The maximum atomic E-state index is 12.9. The number of unbranched alkanes of at least 4 members (excludes halogenated alkanes) is 20. The molecule has 6 N–H and O–H groups in total. The normalized spacial score (nSPS) is 19.2. The number of carbonyl (C=O) groups is 3. The Bertz CT molecular complexity index is 2080. The van der Waals surface area contributed by atoms with Gasteiger partial charge in [0.1, 0.15) is 30.7 Å². The van der Waals surface area contributed by atoms with E-state index in [2.05, 4.69) is 30.1 Å². The SMILES string of the molecule is CCCCCC(=O)/C=C/C=C\C/C=C\C/C=C\CCCC(=O)O[C@H](COC(=O)CCCCCCCCCCCCCCCCCCCCC(C)CC)COP(=O)(O)OP(=O)(O)OC[C@H]1O[C@@H](n2ccc(N)nc2=O)[C@H](O)[C@@H]1O. The molecular weight excluding hydrogens is 1040 g/mol. The van der Waals surface area contributed by atoms with Crippen molar-refractivity contribution < 1.29 is 71.1 Å². The fraction of sp³-hybridized carbons (Fsp3) is 0.737. The van der Waals surface area contributed by atoms with E-state index >= 15 is 0 Å². The monoisotopic (exact) mass is 1140 g/mol. The van der Waals surface area contributed by atoms with Crippen LogP contribution in [-0.2, 0) is 51.1 Å². The lowest BCUT2D eigenvalue weighted by Crippen LogP contribution is -2.36. The molecule has 19 nitrogen and oxygen atoms in total. The molecular formula is C57H97N3O16P2. The van der Waals surface area contributed by atoms with Crippen molar-refractivity contribution in [2.24, 2.45) is 5.92 Å². The Morgan fingerprint density at radius 3 is 1.86 bits per heavy atom. The molecule has 21 heteroatoms. The number of allylic oxidation sites excluding steroid dienone is 8. The van der Waals surface area contributed by atoms with E-state index in [9.17, 15) is 48.3 Å². The summed E-state index contributed by atoms with van der Waals surface area (Å²) in [5, 5.41) is 21.0. The summed E-state index contributed by atoms with van der Waals surface area (Å²) in [6.45, 7) is 4.34. The number of esters is 2. The number of nitrogen functional groups attached to an aromatic ring is 1. The highest BCUT2D eigenvalue weighted by Gasteiger charge is 2.46. The average molecular weight is 1140 g/mol. The number of aromatic nitrogens is 2. The molecule has 1 aromatic heterocycles. The maximum Gasteiger partial charge on any atom is 0.481 e. The molecule has 1 saturated heterocycles. The molecule has 1 aromatic rings. The molecule has 2 rings (SSSR count). The van der Waals surface area contributed by atoms with Crippen molar-refractivity contribution in [3.8, 4) is 0 Å². The molecule has 2 heterocycles. The van der Waals surface area contributed by atoms with Gasteiger partial charge in [0.05, 0.1) is 13.2 Å². The number of anilines is 1. The van der Waals surface area contributed by atoms with Gasteiger partial charge in [-0.2, -0.15) is 9.29 Å². The van der Waals surface area contributed by atoms with E-state index in [4.69, 9.17) is 29.0 Å². The zero-order valence-electron chi connectivity index (χ0n) is 47.1. The fourth-order valence-electron chi connectivity index (χ4n) is 8.53. The lowest BCUT2D eigenvalue weighted by molar-refractivity contribution is -0.161. The topological polar surface area (TPSA) is 283 Å². The van der Waals surface area contributed by atoms with Gasteiger partial charge in [-0.05, 0) is 56.6 Å². The average Bonchev–Trinajstić information content (AvgIpc) is 3.68. The number of nitrogens with two attached hydrogens (primary N) is 1. The van der Waals surface area contributed by atoms with Crippen LogP contribution in [0.5, 0.6) is 0 Å². The molecule has 1 aliphatic heterocycles. The van der Waals surface area contributed by atoms with Crippen molar-refractivity contribution in [2.75, 3.05) is 25.6 Å². The second kappa shape index (κ2) is 43.2. The van der Waals surface area contributed by atoms with E-state index in [0.717, 1.165) is 61.6 Å². The minimum atomic E-state index is -5.45. The van der Waals surface area contributed by atoms with Crippen LogP contribution < -0.4 is 11.4 Å². The predicted octanol–water partition coefficient (Wildman–Crippen LogP) is 12.3. The number of aliphatic hydroxyl groups is 2. The highest BCUT2D eigenvalue weighted by molar-refractivity contribution is 7.61. The van der Waals surface area contributed by atoms with Crippen molar-refractivity contribution in [1.82, 2.24) is 9.55 Å². The van der Waals surface area contributed by atoms with Gasteiger partial charge in [-0.25, -0.2) is 13.9 Å². The minimum absolute atomic E-state index is 0.0514. The van der Waals surface area contributed by atoms with Crippen molar-refractivity contribution in [3.63, 3.8) is 0 Å². The summed E-state index contributed by atoms with van der Waals surface area (Å²) in [4.78, 5) is 73.9. The zero-order valence-corrected chi connectivity index (χ0v) is 48.9. The molecule has 0 bridgehead atoms. The Hall–Kier alpha value is -3.61. The van der Waals surface area contributed by atoms with Crippen LogP contribution >= 0.6 is 15.6 Å².